The number of aliphatic hydroxyl groups excluding tert-OH is 1. The minimum Gasteiger partial charge on any atom is -0.497 e. The Balaban J connectivity index is 2.12. The van der Waals surface area contributed by atoms with Crippen molar-refractivity contribution in [1.29, 1.82) is 0 Å². The number of nitrogens with zero attached hydrogens (tertiary/aromatic N) is 3. The molecule has 0 aliphatic heterocycles. The van der Waals surface area contributed by atoms with Crippen LogP contribution in [-0.2, 0) is 0 Å². The van der Waals surface area contributed by atoms with Gasteiger partial charge in [0, 0.05) is 24.8 Å². The molecule has 3 rings (SSSR count). The molecule has 28 heavy (non-hydrogen) atoms. The second kappa shape index (κ2) is 8.71. The molecule has 6 nitrogen and oxygen atoms in total. The lowest BCUT2D eigenvalue weighted by molar-refractivity contribution is 0.0732. The zero-order valence-electron chi connectivity index (χ0n) is 16.4. The van der Waals surface area contributed by atoms with Crippen LogP contribution in [0.25, 0.3) is 16.9 Å². The van der Waals surface area contributed by atoms with Crippen LogP contribution < -0.4 is 4.74 Å². The number of carbonyl (C=O) groups excluding carboxylic acids is 1. The van der Waals surface area contributed by atoms with Gasteiger partial charge in [-0.2, -0.15) is 5.10 Å². The van der Waals surface area contributed by atoms with E-state index in [0.29, 0.717) is 23.6 Å². The summed E-state index contributed by atoms with van der Waals surface area (Å²) in [4.78, 5) is 14.8. The lowest BCUT2D eigenvalue weighted by Gasteiger charge is -2.19. The average molecular weight is 379 g/mol. The molecule has 2 aromatic carbocycles. The van der Waals surface area contributed by atoms with Crippen molar-refractivity contribution in [2.75, 3.05) is 26.8 Å². The van der Waals surface area contributed by atoms with Gasteiger partial charge in [0.05, 0.1) is 25.0 Å². The highest BCUT2D eigenvalue weighted by molar-refractivity contribution is 6.00. The highest BCUT2D eigenvalue weighted by Gasteiger charge is 2.23. The van der Waals surface area contributed by atoms with E-state index in [-0.39, 0.29) is 19.1 Å². The van der Waals surface area contributed by atoms with Gasteiger partial charge >= 0.3 is 0 Å². The van der Waals surface area contributed by atoms with E-state index >= 15 is 0 Å². The van der Waals surface area contributed by atoms with E-state index < -0.39 is 0 Å². The van der Waals surface area contributed by atoms with Crippen molar-refractivity contribution in [2.24, 2.45) is 0 Å². The topological polar surface area (TPSA) is 67.6 Å². The highest BCUT2D eigenvalue weighted by atomic mass is 16.5. The molecule has 1 heterocycles. The molecule has 0 bridgehead atoms. The smallest absolute Gasteiger partial charge is 0.257 e. The van der Waals surface area contributed by atoms with Crippen molar-refractivity contribution < 1.29 is 14.6 Å². The van der Waals surface area contributed by atoms with Gasteiger partial charge in [0.1, 0.15) is 11.4 Å². The second-order valence-corrected chi connectivity index (χ2v) is 6.51. The Morgan fingerprint density at radius 1 is 1.21 bits per heavy atom. The van der Waals surface area contributed by atoms with E-state index in [0.717, 1.165) is 16.8 Å². The fourth-order valence-corrected chi connectivity index (χ4v) is 3.04. The first kappa shape index (κ1) is 19.6. The van der Waals surface area contributed by atoms with Crippen molar-refractivity contribution in [3.63, 3.8) is 0 Å². The Morgan fingerprint density at radius 2 is 1.96 bits per heavy atom. The maximum Gasteiger partial charge on any atom is 0.257 e. The standard InChI is InChI=1S/C22H25N3O3/c1-4-24(12-13-26)22(27)20-15-25(18-10-8-16(2)9-11-18)23-21(20)17-6-5-7-19(14-17)28-3/h5-11,14-15,26H,4,12-13H2,1-3H3. The van der Waals surface area contributed by atoms with E-state index in [1.807, 2.05) is 62.4 Å². The number of rotatable bonds is 7. The van der Waals surface area contributed by atoms with Crippen LogP contribution in [0.2, 0.25) is 0 Å². The minimum atomic E-state index is -0.160. The summed E-state index contributed by atoms with van der Waals surface area (Å²) in [6.45, 7) is 4.62. The lowest BCUT2D eigenvalue weighted by Crippen LogP contribution is -2.33. The number of amides is 1. The molecule has 0 unspecified atom stereocenters. The number of methoxy groups -OCH3 is 1. The summed E-state index contributed by atoms with van der Waals surface area (Å²) in [5, 5.41) is 14.0. The van der Waals surface area contributed by atoms with Crippen LogP contribution >= 0.6 is 0 Å². The molecule has 0 radical (unpaired) electrons. The first-order valence-corrected chi connectivity index (χ1v) is 9.28. The van der Waals surface area contributed by atoms with E-state index in [4.69, 9.17) is 9.84 Å². The zero-order valence-corrected chi connectivity index (χ0v) is 16.4. The fourth-order valence-electron chi connectivity index (χ4n) is 3.04. The first-order chi connectivity index (χ1) is 13.6. The number of ether oxygens (including phenoxy) is 1. The molecule has 0 aliphatic carbocycles. The summed E-state index contributed by atoms with van der Waals surface area (Å²) in [5.74, 6) is 0.538. The third kappa shape index (κ3) is 4.07. The Labute approximate surface area is 165 Å². The van der Waals surface area contributed by atoms with Crippen LogP contribution in [0.1, 0.15) is 22.8 Å². The maximum atomic E-state index is 13.1. The highest BCUT2D eigenvalue weighted by Crippen LogP contribution is 2.28. The van der Waals surface area contributed by atoms with E-state index in [1.165, 1.54) is 0 Å². The minimum absolute atomic E-state index is 0.0832. The number of likely N-dealkylation sites (N-methyl/N-ethyl adjacent to an activating group) is 1. The summed E-state index contributed by atoms with van der Waals surface area (Å²) >= 11 is 0. The Bertz CT molecular complexity index is 948. The van der Waals surface area contributed by atoms with Gasteiger partial charge in [-0.1, -0.05) is 29.8 Å². The largest absolute Gasteiger partial charge is 0.497 e. The first-order valence-electron chi connectivity index (χ1n) is 9.28. The summed E-state index contributed by atoms with van der Waals surface area (Å²) in [6, 6.07) is 15.4. The quantitative estimate of drug-likeness (QED) is 0.684. The predicted molar refractivity (Wildman–Crippen MR) is 109 cm³/mol. The van der Waals surface area contributed by atoms with Crippen LogP contribution in [0.4, 0.5) is 0 Å². The van der Waals surface area contributed by atoms with Crippen LogP contribution in [0.5, 0.6) is 5.75 Å². The van der Waals surface area contributed by atoms with Gasteiger partial charge in [0.2, 0.25) is 0 Å². The molecule has 0 fully saturated rings. The Kier molecular flexibility index (Phi) is 6.11. The van der Waals surface area contributed by atoms with Gasteiger partial charge in [0.15, 0.2) is 0 Å². The van der Waals surface area contributed by atoms with Gasteiger partial charge < -0.3 is 14.7 Å². The van der Waals surface area contributed by atoms with Crippen LogP contribution in [-0.4, -0.2) is 52.5 Å². The summed E-state index contributed by atoms with van der Waals surface area (Å²) in [5.41, 5.74) is 3.90. The lowest BCUT2D eigenvalue weighted by atomic mass is 10.1. The normalized spacial score (nSPS) is 10.7. The zero-order chi connectivity index (χ0) is 20.1. The van der Waals surface area contributed by atoms with E-state index in [9.17, 15) is 9.90 Å². The van der Waals surface area contributed by atoms with Crippen molar-refractivity contribution in [3.05, 3.63) is 65.9 Å². The fraction of sp³-hybridized carbons (Fsp3) is 0.273. The number of hydrogen-bond donors (Lipinski definition) is 1. The molecule has 3 aromatic rings. The van der Waals surface area contributed by atoms with Crippen LogP contribution in [0.15, 0.2) is 54.7 Å². The van der Waals surface area contributed by atoms with Crippen molar-refractivity contribution in [3.8, 4) is 22.7 Å². The van der Waals surface area contributed by atoms with Gasteiger partial charge in [-0.15, -0.1) is 0 Å². The number of carbonyl (C=O) groups is 1. The SMILES string of the molecule is CCN(CCO)C(=O)c1cn(-c2ccc(C)cc2)nc1-c1cccc(OC)c1. The monoisotopic (exact) mass is 379 g/mol. The van der Waals surface area contributed by atoms with Gasteiger partial charge in [0.25, 0.3) is 5.91 Å². The Hall–Kier alpha value is -3.12. The van der Waals surface area contributed by atoms with Crippen molar-refractivity contribution >= 4 is 5.91 Å². The molecule has 6 heteroatoms. The molecule has 146 valence electrons. The van der Waals surface area contributed by atoms with Gasteiger partial charge in [-0.25, -0.2) is 4.68 Å². The van der Waals surface area contributed by atoms with Crippen molar-refractivity contribution in [2.45, 2.75) is 13.8 Å². The van der Waals surface area contributed by atoms with Crippen LogP contribution in [0, 0.1) is 6.92 Å². The molecular formula is C22H25N3O3. The Morgan fingerprint density at radius 3 is 2.61 bits per heavy atom. The van der Waals surface area contributed by atoms with Crippen molar-refractivity contribution in [1.82, 2.24) is 14.7 Å². The number of benzene rings is 2. The molecule has 0 saturated carbocycles. The molecule has 0 spiro atoms. The summed E-state index contributed by atoms with van der Waals surface area (Å²) < 4.78 is 7.04. The number of aromatic nitrogens is 2. The third-order valence-electron chi connectivity index (χ3n) is 4.63. The number of aliphatic hydroxyl groups is 1. The molecule has 1 aromatic heterocycles. The van der Waals surface area contributed by atoms with Gasteiger partial charge in [-0.05, 0) is 38.1 Å². The third-order valence-corrected chi connectivity index (χ3v) is 4.63. The number of hydrogen-bond acceptors (Lipinski definition) is 4. The molecule has 0 atom stereocenters. The van der Waals surface area contributed by atoms with Gasteiger partial charge in [-0.3, -0.25) is 4.79 Å². The molecule has 0 saturated heterocycles. The average Bonchev–Trinajstić information content (AvgIpc) is 3.17. The molecule has 0 aliphatic rings. The predicted octanol–water partition coefficient (Wildman–Crippen LogP) is 3.31. The number of aryl methyl sites for hydroxylation is 1. The molecular weight excluding hydrogens is 354 g/mol. The molecule has 1 N–H and O–H groups in total. The molecule has 1 amide bonds. The summed E-state index contributed by atoms with van der Waals surface area (Å²) in [6.07, 6.45) is 1.75. The summed E-state index contributed by atoms with van der Waals surface area (Å²) in [7, 11) is 1.61. The maximum absolute atomic E-state index is 13.1. The van der Waals surface area contributed by atoms with E-state index in [1.54, 1.807) is 22.9 Å². The second-order valence-electron chi connectivity index (χ2n) is 6.51. The van der Waals surface area contributed by atoms with E-state index in [2.05, 4.69) is 0 Å². The van der Waals surface area contributed by atoms with Crippen LogP contribution in [0.3, 0.4) is 0 Å².